The molecule has 2 atom stereocenters. The molecular weight excluding hydrogens is 218 g/mol. The normalized spacial score (nSPS) is 32.9. The van der Waals surface area contributed by atoms with Crippen LogP contribution in [0.5, 0.6) is 0 Å². The van der Waals surface area contributed by atoms with E-state index in [2.05, 4.69) is 27.2 Å². The van der Waals surface area contributed by atoms with Gasteiger partial charge in [0.2, 0.25) is 0 Å². The molecule has 12 heavy (non-hydrogen) atoms. The largest absolute Gasteiger partial charge is 0.150 e. The third kappa shape index (κ3) is 1.08. The Morgan fingerprint density at radius 3 is 2.75 bits per heavy atom. The zero-order valence-electron chi connectivity index (χ0n) is 6.33. The summed E-state index contributed by atoms with van der Waals surface area (Å²) in [6, 6.07) is 10.4. The zero-order valence-corrected chi connectivity index (χ0v) is 7.91. The Bertz CT molecular complexity index is 301. The summed E-state index contributed by atoms with van der Waals surface area (Å²) in [5, 5.41) is 3.02. The average Bonchev–Trinajstić information content (AvgIpc) is 2.81. The topological polar surface area (TPSA) is 29.4 Å². The highest BCUT2D eigenvalue weighted by molar-refractivity contribution is 9.09. The minimum Gasteiger partial charge on any atom is -0.150 e. The van der Waals surface area contributed by atoms with Crippen molar-refractivity contribution < 1.29 is 0 Å². The standard InChI is InChI=1S/C9H7BrNO/c10-9(6-8(9)11-12)7-4-2-1-3-5-7/h2-5,8H,6H2. The molecule has 61 valence electrons. The van der Waals surface area contributed by atoms with Crippen molar-refractivity contribution in [1.82, 2.24) is 0 Å². The molecule has 0 aromatic heterocycles. The van der Waals surface area contributed by atoms with Crippen LogP contribution in [0.3, 0.4) is 0 Å². The maximum atomic E-state index is 10.3. The Hall–Kier alpha value is -0.700. The Balaban J connectivity index is 2.28. The number of nitroso groups, excluding NO2 is 1. The molecule has 1 fully saturated rings. The molecule has 0 saturated heterocycles. The molecular formula is C9H7BrNO. The highest BCUT2D eigenvalue weighted by Crippen LogP contribution is 2.55. The van der Waals surface area contributed by atoms with Gasteiger partial charge in [-0.15, -0.1) is 0 Å². The van der Waals surface area contributed by atoms with Gasteiger partial charge in [0, 0.05) is 0 Å². The molecule has 2 unspecified atom stereocenters. The van der Waals surface area contributed by atoms with Gasteiger partial charge in [-0.1, -0.05) is 45.4 Å². The fourth-order valence-electron chi connectivity index (χ4n) is 1.32. The summed E-state index contributed by atoms with van der Waals surface area (Å²) in [7, 11) is 0. The van der Waals surface area contributed by atoms with Crippen LogP contribution in [-0.4, -0.2) is 6.04 Å². The number of nitrogens with zero attached hydrogens (tertiary/aromatic N) is 1. The van der Waals surface area contributed by atoms with Crippen molar-refractivity contribution in [1.29, 1.82) is 0 Å². The summed E-state index contributed by atoms with van der Waals surface area (Å²) in [5.41, 5.74) is 1.12. The molecule has 3 heteroatoms. The molecule has 1 radical (unpaired) electrons. The minimum absolute atomic E-state index is 0.0973. The van der Waals surface area contributed by atoms with Gasteiger partial charge in [-0.25, -0.2) is 0 Å². The Kier molecular flexibility index (Phi) is 1.76. The first-order valence-electron chi connectivity index (χ1n) is 3.75. The second kappa shape index (κ2) is 2.66. The summed E-state index contributed by atoms with van der Waals surface area (Å²) < 4.78 is -0.177. The molecule has 0 N–H and O–H groups in total. The van der Waals surface area contributed by atoms with Crippen LogP contribution < -0.4 is 0 Å². The smallest absolute Gasteiger partial charge is 0.113 e. The fraction of sp³-hybridized carbons (Fsp3) is 0.333. The molecule has 0 heterocycles. The van der Waals surface area contributed by atoms with E-state index in [1.54, 1.807) is 0 Å². The van der Waals surface area contributed by atoms with Crippen molar-refractivity contribution in [3.63, 3.8) is 0 Å². The van der Waals surface area contributed by atoms with Crippen molar-refractivity contribution in [2.75, 3.05) is 0 Å². The van der Waals surface area contributed by atoms with Gasteiger partial charge in [0.1, 0.15) is 6.04 Å². The second-order valence-electron chi connectivity index (χ2n) is 2.98. The van der Waals surface area contributed by atoms with E-state index >= 15 is 0 Å². The summed E-state index contributed by atoms with van der Waals surface area (Å²) in [4.78, 5) is 10.3. The first kappa shape index (κ1) is 7.92. The predicted octanol–water partition coefficient (Wildman–Crippen LogP) is 2.62. The van der Waals surface area contributed by atoms with Crippen LogP contribution in [0.15, 0.2) is 29.4 Å². The van der Waals surface area contributed by atoms with E-state index < -0.39 is 0 Å². The molecule has 1 aromatic rings. The lowest BCUT2D eigenvalue weighted by atomic mass is 10.1. The Morgan fingerprint density at radius 2 is 2.25 bits per heavy atom. The van der Waals surface area contributed by atoms with Crippen molar-refractivity contribution in [3.05, 3.63) is 40.8 Å². The second-order valence-corrected chi connectivity index (χ2v) is 4.39. The van der Waals surface area contributed by atoms with E-state index in [9.17, 15) is 4.91 Å². The van der Waals surface area contributed by atoms with Crippen LogP contribution in [0.25, 0.3) is 0 Å². The van der Waals surface area contributed by atoms with E-state index in [4.69, 9.17) is 0 Å². The van der Waals surface area contributed by atoms with E-state index in [0.29, 0.717) is 0 Å². The third-order valence-corrected chi connectivity index (χ3v) is 3.49. The van der Waals surface area contributed by atoms with E-state index in [-0.39, 0.29) is 10.4 Å². The molecule has 1 saturated carbocycles. The number of hydrogen-bond acceptors (Lipinski definition) is 2. The summed E-state index contributed by atoms with van der Waals surface area (Å²) in [6.45, 7) is 0. The number of hydrogen-bond donors (Lipinski definition) is 0. The van der Waals surface area contributed by atoms with Crippen molar-refractivity contribution in [2.24, 2.45) is 5.18 Å². The molecule has 0 spiro atoms. The van der Waals surface area contributed by atoms with Crippen LogP contribution in [0.2, 0.25) is 0 Å². The quantitative estimate of drug-likeness (QED) is 0.561. The molecule has 0 amide bonds. The van der Waals surface area contributed by atoms with Crippen molar-refractivity contribution in [3.8, 4) is 0 Å². The summed E-state index contributed by atoms with van der Waals surface area (Å²) >= 11 is 3.52. The summed E-state index contributed by atoms with van der Waals surface area (Å²) in [5.74, 6) is 0. The lowest BCUT2D eigenvalue weighted by Gasteiger charge is -2.05. The molecule has 1 aromatic carbocycles. The number of alkyl halides is 1. The number of halogens is 1. The first-order valence-corrected chi connectivity index (χ1v) is 4.54. The van der Waals surface area contributed by atoms with Gasteiger partial charge < -0.3 is 0 Å². The van der Waals surface area contributed by atoms with E-state index in [1.165, 1.54) is 0 Å². The number of benzene rings is 1. The Morgan fingerprint density at radius 1 is 1.58 bits per heavy atom. The predicted molar refractivity (Wildman–Crippen MR) is 50.1 cm³/mol. The van der Waals surface area contributed by atoms with Gasteiger partial charge in [0.25, 0.3) is 0 Å². The van der Waals surface area contributed by atoms with Crippen LogP contribution in [0.1, 0.15) is 12.0 Å². The molecule has 0 aliphatic heterocycles. The summed E-state index contributed by atoms with van der Waals surface area (Å²) in [6.07, 6.45) is 0.806. The van der Waals surface area contributed by atoms with Gasteiger partial charge >= 0.3 is 0 Å². The molecule has 2 rings (SSSR count). The monoisotopic (exact) mass is 224 g/mol. The van der Waals surface area contributed by atoms with Gasteiger partial charge in [0.05, 0.1) is 4.32 Å². The SMILES string of the molecule is O=NC1CC1(Br)c1cc[c]cc1. The van der Waals surface area contributed by atoms with Crippen LogP contribution in [-0.2, 0) is 4.32 Å². The highest BCUT2D eigenvalue weighted by atomic mass is 79.9. The molecule has 1 aliphatic carbocycles. The number of rotatable bonds is 2. The zero-order chi connectivity index (χ0) is 8.60. The lowest BCUT2D eigenvalue weighted by molar-refractivity contribution is 0.941. The van der Waals surface area contributed by atoms with E-state index in [1.807, 2.05) is 24.3 Å². The van der Waals surface area contributed by atoms with Crippen molar-refractivity contribution >= 4 is 15.9 Å². The van der Waals surface area contributed by atoms with Gasteiger partial charge in [-0.3, -0.25) is 0 Å². The molecule has 1 aliphatic rings. The third-order valence-electron chi connectivity index (χ3n) is 2.18. The average molecular weight is 225 g/mol. The fourth-order valence-corrected chi connectivity index (χ4v) is 1.97. The van der Waals surface area contributed by atoms with Gasteiger partial charge in [-0.2, -0.15) is 4.91 Å². The van der Waals surface area contributed by atoms with Gasteiger partial charge in [-0.05, 0) is 18.1 Å². The maximum Gasteiger partial charge on any atom is 0.113 e. The molecule has 0 bridgehead atoms. The van der Waals surface area contributed by atoms with Crippen LogP contribution in [0.4, 0.5) is 0 Å². The van der Waals surface area contributed by atoms with Crippen LogP contribution in [0, 0.1) is 11.0 Å². The van der Waals surface area contributed by atoms with Gasteiger partial charge in [0.15, 0.2) is 0 Å². The van der Waals surface area contributed by atoms with E-state index in [0.717, 1.165) is 12.0 Å². The van der Waals surface area contributed by atoms with Crippen LogP contribution >= 0.6 is 15.9 Å². The Labute approximate surface area is 79.1 Å². The van der Waals surface area contributed by atoms with Crippen molar-refractivity contribution in [2.45, 2.75) is 16.8 Å². The molecule has 2 nitrogen and oxygen atoms in total. The highest BCUT2D eigenvalue weighted by Gasteiger charge is 2.55. The maximum absolute atomic E-state index is 10.3. The lowest BCUT2D eigenvalue weighted by Crippen LogP contribution is -2.00. The minimum atomic E-state index is -0.177. The first-order chi connectivity index (χ1) is 5.77.